The van der Waals surface area contributed by atoms with E-state index >= 15 is 8.78 Å². The summed E-state index contributed by atoms with van der Waals surface area (Å²) in [6, 6.07) is 4.49. The molecule has 4 rings (SSSR count). The zero-order chi connectivity index (χ0) is 17.7. The number of nitrogens with two attached hydrogens (primary N) is 1. The molecule has 1 amide bonds. The highest BCUT2D eigenvalue weighted by molar-refractivity contribution is 5.95. The molecule has 1 saturated carbocycles. The molecule has 0 aliphatic heterocycles. The van der Waals surface area contributed by atoms with Gasteiger partial charge in [-0.05, 0) is 37.1 Å². The molecule has 2 aliphatic rings. The zero-order valence-electron chi connectivity index (χ0n) is 13.1. The molecule has 0 bridgehead atoms. The van der Waals surface area contributed by atoms with Crippen molar-refractivity contribution in [1.82, 2.24) is 19.7 Å². The molecule has 6 nitrogen and oxygen atoms in total. The lowest BCUT2D eigenvalue weighted by Gasteiger charge is -2.38. The number of hydrogen-bond acceptors (Lipinski definition) is 4. The summed E-state index contributed by atoms with van der Waals surface area (Å²) in [6.45, 7) is 0. The van der Waals surface area contributed by atoms with Gasteiger partial charge in [-0.15, -0.1) is 10.2 Å². The van der Waals surface area contributed by atoms with Crippen molar-refractivity contribution in [1.29, 1.82) is 0 Å². The Morgan fingerprint density at radius 2 is 2.12 bits per heavy atom. The normalized spacial score (nSPS) is 28.6. The Hall–Kier alpha value is -2.90. The SMILES string of the molecule is NC(=O)C1=CC=CC(F)(c2ccccn2)C1(F)c1nncn1C1CC1. The minimum absolute atomic E-state index is 0.00867. The summed E-state index contributed by atoms with van der Waals surface area (Å²) in [5.41, 5.74) is -0.999. The van der Waals surface area contributed by atoms with Gasteiger partial charge >= 0.3 is 0 Å². The fourth-order valence-corrected chi connectivity index (χ4v) is 3.19. The lowest BCUT2D eigenvalue weighted by molar-refractivity contribution is -0.118. The van der Waals surface area contributed by atoms with E-state index < -0.39 is 22.8 Å². The number of alkyl halides is 2. The summed E-state index contributed by atoms with van der Waals surface area (Å²) in [7, 11) is 0. The maximum atomic E-state index is 16.5. The van der Waals surface area contributed by atoms with Gasteiger partial charge in [-0.3, -0.25) is 9.78 Å². The van der Waals surface area contributed by atoms with Gasteiger partial charge in [0.2, 0.25) is 17.2 Å². The van der Waals surface area contributed by atoms with E-state index in [0.717, 1.165) is 18.9 Å². The van der Waals surface area contributed by atoms with Crippen molar-refractivity contribution < 1.29 is 13.6 Å². The van der Waals surface area contributed by atoms with Crippen molar-refractivity contribution in [3.05, 3.63) is 66.0 Å². The number of rotatable bonds is 4. The molecule has 0 spiro atoms. The van der Waals surface area contributed by atoms with Crippen LogP contribution in [0.25, 0.3) is 0 Å². The first-order chi connectivity index (χ1) is 12.0. The van der Waals surface area contributed by atoms with E-state index in [1.165, 1.54) is 35.3 Å². The van der Waals surface area contributed by atoms with Crippen LogP contribution in [0.1, 0.15) is 30.4 Å². The van der Waals surface area contributed by atoms with Crippen LogP contribution >= 0.6 is 0 Å². The van der Waals surface area contributed by atoms with Crippen LogP contribution < -0.4 is 5.73 Å². The average molecular weight is 343 g/mol. The first-order valence-corrected chi connectivity index (χ1v) is 7.87. The molecule has 8 heteroatoms. The zero-order valence-corrected chi connectivity index (χ0v) is 13.1. The van der Waals surface area contributed by atoms with Gasteiger partial charge in [0.25, 0.3) is 0 Å². The van der Waals surface area contributed by atoms with Gasteiger partial charge in [0.15, 0.2) is 5.82 Å². The van der Waals surface area contributed by atoms with Crippen LogP contribution in [0, 0.1) is 0 Å². The van der Waals surface area contributed by atoms with Crippen molar-refractivity contribution in [2.24, 2.45) is 5.73 Å². The van der Waals surface area contributed by atoms with E-state index in [1.54, 1.807) is 12.1 Å². The van der Waals surface area contributed by atoms with Gasteiger partial charge < -0.3 is 10.3 Å². The minimum Gasteiger partial charge on any atom is -0.366 e. The Morgan fingerprint density at radius 3 is 2.76 bits per heavy atom. The second-order valence-corrected chi connectivity index (χ2v) is 6.18. The number of allylic oxidation sites excluding steroid dienone is 3. The third kappa shape index (κ3) is 2.13. The molecule has 128 valence electrons. The first kappa shape index (κ1) is 15.6. The number of primary amides is 1. The molecule has 2 atom stereocenters. The van der Waals surface area contributed by atoms with E-state index in [9.17, 15) is 4.79 Å². The van der Waals surface area contributed by atoms with E-state index in [4.69, 9.17) is 5.73 Å². The number of aromatic nitrogens is 4. The maximum Gasteiger partial charge on any atom is 0.248 e. The summed E-state index contributed by atoms with van der Waals surface area (Å²) in [6.07, 6.45) is 7.82. The fraction of sp³-hybridized carbons (Fsp3) is 0.294. The van der Waals surface area contributed by atoms with Crippen LogP contribution in [0.5, 0.6) is 0 Å². The van der Waals surface area contributed by atoms with Crippen molar-refractivity contribution >= 4 is 5.91 Å². The topological polar surface area (TPSA) is 86.7 Å². The molecule has 2 aromatic heterocycles. The molecule has 1 fully saturated rings. The third-order valence-corrected chi connectivity index (χ3v) is 4.59. The molecule has 2 heterocycles. The highest BCUT2D eigenvalue weighted by Gasteiger charge is 2.63. The van der Waals surface area contributed by atoms with Crippen molar-refractivity contribution in [2.75, 3.05) is 0 Å². The Labute approximate surface area is 142 Å². The molecule has 2 N–H and O–H groups in total. The fourth-order valence-electron chi connectivity index (χ4n) is 3.19. The number of carbonyl (C=O) groups excluding carboxylic acids is 1. The molecule has 2 unspecified atom stereocenters. The second kappa shape index (κ2) is 5.30. The number of hydrogen-bond donors (Lipinski definition) is 1. The number of carbonyl (C=O) groups is 1. The quantitative estimate of drug-likeness (QED) is 0.920. The molecule has 2 aliphatic carbocycles. The smallest absolute Gasteiger partial charge is 0.248 e. The number of amides is 1. The van der Waals surface area contributed by atoms with Gasteiger partial charge in [0, 0.05) is 12.2 Å². The van der Waals surface area contributed by atoms with Crippen LogP contribution in [0.4, 0.5) is 8.78 Å². The Kier molecular flexibility index (Phi) is 3.31. The Balaban J connectivity index is 1.98. The van der Waals surface area contributed by atoms with Gasteiger partial charge in [-0.25, -0.2) is 8.78 Å². The largest absolute Gasteiger partial charge is 0.366 e. The van der Waals surface area contributed by atoms with E-state index in [1.807, 2.05) is 0 Å². The maximum absolute atomic E-state index is 16.5. The van der Waals surface area contributed by atoms with E-state index in [0.29, 0.717) is 0 Å². The predicted octanol–water partition coefficient (Wildman–Crippen LogP) is 2.02. The van der Waals surface area contributed by atoms with Crippen molar-refractivity contribution in [3.63, 3.8) is 0 Å². The third-order valence-electron chi connectivity index (χ3n) is 4.59. The van der Waals surface area contributed by atoms with E-state index in [2.05, 4.69) is 15.2 Å². The molecular weight excluding hydrogens is 328 g/mol. The van der Waals surface area contributed by atoms with Crippen LogP contribution in [0.15, 0.2) is 54.5 Å². The monoisotopic (exact) mass is 343 g/mol. The standard InChI is InChI=1S/C17H15F2N5O/c18-16(13-5-1-2-9-21-13)8-3-4-12(14(20)25)17(16,19)15-23-22-10-24(15)11-6-7-11/h1-5,8-11H,6-7H2,(H2,20,25). The van der Waals surface area contributed by atoms with Gasteiger partial charge in [0.05, 0.1) is 11.3 Å². The summed E-state index contributed by atoms with van der Waals surface area (Å²) >= 11 is 0. The molecule has 0 aromatic carbocycles. The van der Waals surface area contributed by atoms with Crippen LogP contribution in [0.3, 0.4) is 0 Å². The summed E-state index contributed by atoms with van der Waals surface area (Å²) in [4.78, 5) is 15.9. The van der Waals surface area contributed by atoms with E-state index in [-0.39, 0.29) is 17.6 Å². The second-order valence-electron chi connectivity index (χ2n) is 6.18. The lowest BCUT2D eigenvalue weighted by Crippen LogP contribution is -2.49. The summed E-state index contributed by atoms with van der Waals surface area (Å²) < 4.78 is 34.1. The van der Waals surface area contributed by atoms with Crippen LogP contribution in [0.2, 0.25) is 0 Å². The average Bonchev–Trinajstić information content (AvgIpc) is 3.34. The van der Waals surface area contributed by atoms with Gasteiger partial charge in [-0.1, -0.05) is 12.1 Å². The van der Waals surface area contributed by atoms with Crippen molar-refractivity contribution in [2.45, 2.75) is 30.2 Å². The van der Waals surface area contributed by atoms with Gasteiger partial charge in [0.1, 0.15) is 6.33 Å². The highest BCUT2D eigenvalue weighted by Crippen LogP contribution is 2.54. The molecular formula is C17H15F2N5O. The first-order valence-electron chi connectivity index (χ1n) is 7.87. The summed E-state index contributed by atoms with van der Waals surface area (Å²) in [5, 5.41) is 7.55. The van der Waals surface area contributed by atoms with Crippen LogP contribution in [-0.4, -0.2) is 25.7 Å². The Bertz CT molecular complexity index is 889. The molecule has 0 radical (unpaired) electrons. The highest BCUT2D eigenvalue weighted by atomic mass is 19.2. The Morgan fingerprint density at radius 1 is 1.32 bits per heavy atom. The molecule has 0 saturated heterocycles. The number of halogens is 2. The van der Waals surface area contributed by atoms with Crippen LogP contribution in [-0.2, 0) is 16.1 Å². The number of pyridine rings is 1. The number of nitrogens with zero attached hydrogens (tertiary/aromatic N) is 4. The lowest BCUT2D eigenvalue weighted by atomic mass is 9.73. The summed E-state index contributed by atoms with van der Waals surface area (Å²) in [5.74, 6) is -1.34. The predicted molar refractivity (Wildman–Crippen MR) is 84.5 cm³/mol. The minimum atomic E-state index is -2.93. The van der Waals surface area contributed by atoms with Gasteiger partial charge in [-0.2, -0.15) is 0 Å². The van der Waals surface area contributed by atoms with Crippen molar-refractivity contribution in [3.8, 4) is 0 Å². The molecule has 25 heavy (non-hydrogen) atoms. The molecule has 2 aromatic rings.